The molecule has 0 bridgehead atoms. The fourth-order valence-electron chi connectivity index (χ4n) is 2.48. The molecule has 1 aliphatic rings. The summed E-state index contributed by atoms with van der Waals surface area (Å²) in [6, 6.07) is 0. The first-order chi connectivity index (χ1) is 11.0. The van der Waals surface area contributed by atoms with Crippen LogP contribution in [0.25, 0.3) is 0 Å². The van der Waals surface area contributed by atoms with Crippen molar-refractivity contribution in [3.05, 3.63) is 0 Å². The molecule has 0 aromatic carbocycles. The molecule has 1 amide bonds. The summed E-state index contributed by atoms with van der Waals surface area (Å²) in [5.74, 6) is -0.271. The first-order valence-electron chi connectivity index (χ1n) is 8.38. The van der Waals surface area contributed by atoms with Crippen LogP contribution in [0.2, 0.25) is 0 Å². The molecule has 1 rings (SSSR count). The summed E-state index contributed by atoms with van der Waals surface area (Å²) in [6.45, 7) is 8.68. The molecule has 5 N–H and O–H groups in total. The number of carbonyl (C=O) groups is 1. The van der Waals surface area contributed by atoms with Crippen molar-refractivity contribution in [1.82, 2.24) is 10.2 Å². The van der Waals surface area contributed by atoms with Gasteiger partial charge in [0.05, 0.1) is 18.8 Å². The average Bonchev–Trinajstić information content (AvgIpc) is 2.44. The number of nitrogens with one attached hydrogen (secondary N) is 1. The van der Waals surface area contributed by atoms with Crippen molar-refractivity contribution in [1.29, 1.82) is 0 Å². The number of carbonyl (C=O) groups excluding carboxylic acids is 1. The molecular formula is C16H32N2O6. The quantitative estimate of drug-likeness (QED) is 0.387. The minimum Gasteiger partial charge on any atom is -0.444 e. The van der Waals surface area contributed by atoms with Gasteiger partial charge in [-0.05, 0) is 20.8 Å². The number of rotatable bonds is 8. The van der Waals surface area contributed by atoms with E-state index >= 15 is 0 Å². The average molecular weight is 348 g/mol. The lowest BCUT2D eigenvalue weighted by atomic mass is 9.94. The van der Waals surface area contributed by atoms with E-state index in [0.717, 1.165) is 0 Å². The molecule has 1 heterocycles. The number of hydrogen-bond acceptors (Lipinski definition) is 7. The van der Waals surface area contributed by atoms with Crippen LogP contribution in [-0.4, -0.2) is 88.1 Å². The summed E-state index contributed by atoms with van der Waals surface area (Å²) in [4.78, 5) is 13.4. The Morgan fingerprint density at radius 1 is 1.25 bits per heavy atom. The molecule has 4 atom stereocenters. The fourth-order valence-corrected chi connectivity index (χ4v) is 2.48. The molecule has 1 saturated heterocycles. The van der Waals surface area contributed by atoms with Crippen LogP contribution < -0.4 is 5.32 Å². The first kappa shape index (κ1) is 21.1. The van der Waals surface area contributed by atoms with Crippen molar-refractivity contribution >= 4 is 6.09 Å². The molecule has 0 spiro atoms. The highest BCUT2D eigenvalue weighted by molar-refractivity contribution is 5.69. The van der Waals surface area contributed by atoms with Crippen LogP contribution in [0.1, 0.15) is 27.7 Å². The molecule has 0 unspecified atom stereocenters. The zero-order valence-corrected chi connectivity index (χ0v) is 15.0. The number of likely N-dealkylation sites (tertiary alicyclic amines) is 1. The van der Waals surface area contributed by atoms with E-state index in [0.29, 0.717) is 25.6 Å². The highest BCUT2D eigenvalue weighted by atomic mass is 16.6. The molecule has 8 nitrogen and oxygen atoms in total. The van der Waals surface area contributed by atoms with E-state index in [1.165, 1.54) is 0 Å². The Labute approximate surface area is 143 Å². The maximum atomic E-state index is 11.8. The van der Waals surface area contributed by atoms with Crippen molar-refractivity contribution in [2.45, 2.75) is 51.6 Å². The number of ether oxygens (including phenoxy) is 1. The molecule has 0 saturated carbocycles. The Balaban J connectivity index is 2.20. The highest BCUT2D eigenvalue weighted by Crippen LogP contribution is 2.19. The summed E-state index contributed by atoms with van der Waals surface area (Å²) in [6.07, 6.45) is -3.60. The number of hydrogen-bond donors (Lipinski definition) is 5. The van der Waals surface area contributed by atoms with E-state index in [1.807, 2.05) is 20.8 Å². The van der Waals surface area contributed by atoms with Crippen LogP contribution >= 0.6 is 0 Å². The third-order valence-corrected chi connectivity index (χ3v) is 4.12. The SMILES string of the molecule is C[C@@H]([C@H](O)[C@H](O)CO)[C@@H](O)CNCC1CN(C(=O)OC(C)(C)C)C1. The Morgan fingerprint density at radius 2 is 1.83 bits per heavy atom. The Bertz CT molecular complexity index is 395. The second-order valence-electron chi connectivity index (χ2n) is 7.58. The van der Waals surface area contributed by atoms with Crippen molar-refractivity contribution in [3.8, 4) is 0 Å². The third kappa shape index (κ3) is 6.52. The van der Waals surface area contributed by atoms with Gasteiger partial charge in [0, 0.05) is 38.0 Å². The zero-order chi connectivity index (χ0) is 18.5. The lowest BCUT2D eigenvalue weighted by Crippen LogP contribution is -2.55. The van der Waals surface area contributed by atoms with Gasteiger partial charge in [0.25, 0.3) is 0 Å². The molecule has 142 valence electrons. The van der Waals surface area contributed by atoms with Crippen LogP contribution in [-0.2, 0) is 4.74 Å². The number of aliphatic hydroxyl groups is 4. The van der Waals surface area contributed by atoms with Gasteiger partial charge >= 0.3 is 6.09 Å². The van der Waals surface area contributed by atoms with Gasteiger partial charge in [-0.25, -0.2) is 4.79 Å². The normalized spacial score (nSPS) is 20.9. The van der Waals surface area contributed by atoms with E-state index in [9.17, 15) is 20.1 Å². The smallest absolute Gasteiger partial charge is 0.410 e. The maximum absolute atomic E-state index is 11.8. The lowest BCUT2D eigenvalue weighted by molar-refractivity contribution is -0.0686. The summed E-state index contributed by atoms with van der Waals surface area (Å²) >= 11 is 0. The maximum Gasteiger partial charge on any atom is 0.410 e. The predicted molar refractivity (Wildman–Crippen MR) is 88.4 cm³/mol. The molecule has 1 fully saturated rings. The van der Waals surface area contributed by atoms with Gasteiger partial charge in [-0.1, -0.05) is 6.92 Å². The van der Waals surface area contributed by atoms with Crippen LogP contribution in [0, 0.1) is 11.8 Å². The second kappa shape index (κ2) is 8.96. The highest BCUT2D eigenvalue weighted by Gasteiger charge is 2.34. The second-order valence-corrected chi connectivity index (χ2v) is 7.58. The predicted octanol–water partition coefficient (Wildman–Crippen LogP) is -0.846. The molecule has 8 heteroatoms. The van der Waals surface area contributed by atoms with Crippen molar-refractivity contribution in [2.24, 2.45) is 11.8 Å². The summed E-state index contributed by atoms with van der Waals surface area (Å²) in [7, 11) is 0. The van der Waals surface area contributed by atoms with Gasteiger partial charge in [-0.2, -0.15) is 0 Å². The topological polar surface area (TPSA) is 122 Å². The van der Waals surface area contributed by atoms with E-state index in [1.54, 1.807) is 11.8 Å². The monoisotopic (exact) mass is 348 g/mol. The molecule has 1 aliphatic heterocycles. The molecule has 0 aliphatic carbocycles. The van der Waals surface area contributed by atoms with Crippen molar-refractivity contribution in [2.75, 3.05) is 32.8 Å². The molecule has 24 heavy (non-hydrogen) atoms. The molecule has 0 radical (unpaired) electrons. The zero-order valence-electron chi connectivity index (χ0n) is 15.0. The molecule has 0 aromatic rings. The van der Waals surface area contributed by atoms with Gasteiger partial charge in [0.2, 0.25) is 0 Å². The molecular weight excluding hydrogens is 316 g/mol. The van der Waals surface area contributed by atoms with E-state index in [4.69, 9.17) is 9.84 Å². The Hall–Kier alpha value is -0.930. The summed E-state index contributed by atoms with van der Waals surface area (Å²) in [5.41, 5.74) is -0.499. The van der Waals surface area contributed by atoms with Crippen LogP contribution in [0.5, 0.6) is 0 Å². The lowest BCUT2D eigenvalue weighted by Gasteiger charge is -2.40. The molecule has 0 aromatic heterocycles. The van der Waals surface area contributed by atoms with Crippen molar-refractivity contribution in [3.63, 3.8) is 0 Å². The third-order valence-electron chi connectivity index (χ3n) is 4.12. The van der Waals surface area contributed by atoms with E-state index < -0.39 is 36.4 Å². The van der Waals surface area contributed by atoms with Gasteiger partial charge in [-0.15, -0.1) is 0 Å². The first-order valence-corrected chi connectivity index (χ1v) is 8.38. The van der Waals surface area contributed by atoms with Crippen LogP contribution in [0.4, 0.5) is 4.79 Å². The fraction of sp³-hybridized carbons (Fsp3) is 0.938. The minimum atomic E-state index is -1.26. The largest absolute Gasteiger partial charge is 0.444 e. The standard InChI is InChI=1S/C16H32N2O6/c1-10(14(22)13(21)9-19)12(20)6-17-5-11-7-18(8-11)15(23)24-16(2,3)4/h10-14,17,19-22H,5-9H2,1-4H3/t10-,12+,13-,14+/m1/s1. The van der Waals surface area contributed by atoms with Crippen LogP contribution in [0.3, 0.4) is 0 Å². The van der Waals surface area contributed by atoms with Crippen LogP contribution in [0.15, 0.2) is 0 Å². The number of amides is 1. The Kier molecular flexibility index (Phi) is 7.88. The number of nitrogens with zero attached hydrogens (tertiary/aromatic N) is 1. The summed E-state index contributed by atoms with van der Waals surface area (Å²) in [5, 5.41) is 41.1. The van der Waals surface area contributed by atoms with Gasteiger partial charge < -0.3 is 35.4 Å². The summed E-state index contributed by atoms with van der Waals surface area (Å²) < 4.78 is 5.28. The van der Waals surface area contributed by atoms with E-state index in [2.05, 4.69) is 5.32 Å². The number of aliphatic hydroxyl groups excluding tert-OH is 4. The van der Waals surface area contributed by atoms with Gasteiger partial charge in [0.15, 0.2) is 0 Å². The van der Waals surface area contributed by atoms with Gasteiger partial charge in [0.1, 0.15) is 11.7 Å². The van der Waals surface area contributed by atoms with E-state index in [-0.39, 0.29) is 12.6 Å². The Morgan fingerprint density at radius 3 is 2.33 bits per heavy atom. The van der Waals surface area contributed by atoms with Crippen molar-refractivity contribution < 1.29 is 30.0 Å². The van der Waals surface area contributed by atoms with Gasteiger partial charge in [-0.3, -0.25) is 0 Å². The minimum absolute atomic E-state index is 0.263.